The molecule has 0 amide bonds. The minimum Gasteiger partial charge on any atom is -0.497 e. The van der Waals surface area contributed by atoms with Crippen molar-refractivity contribution in [3.8, 4) is 11.5 Å². The van der Waals surface area contributed by atoms with Crippen molar-refractivity contribution in [3.63, 3.8) is 0 Å². The van der Waals surface area contributed by atoms with Gasteiger partial charge in [0.15, 0.2) is 11.6 Å². The standard InChI is InChI=1S/C14H13BF2O4/c1-20-12-6-5-9(7-10(12)15(18)19)8-21-13-4-2-3-11(16)14(13)17/h2-7,18-19H,8H2,1H3. The van der Waals surface area contributed by atoms with E-state index in [-0.39, 0.29) is 17.8 Å². The Hall–Kier alpha value is -2.12. The van der Waals surface area contributed by atoms with Gasteiger partial charge in [-0.15, -0.1) is 0 Å². The van der Waals surface area contributed by atoms with Gasteiger partial charge in [-0.25, -0.2) is 4.39 Å². The summed E-state index contributed by atoms with van der Waals surface area (Å²) in [5.41, 5.74) is 0.723. The lowest BCUT2D eigenvalue weighted by Crippen LogP contribution is -2.31. The van der Waals surface area contributed by atoms with Crippen LogP contribution < -0.4 is 14.9 Å². The van der Waals surface area contributed by atoms with Crippen LogP contribution in [0.2, 0.25) is 0 Å². The smallest absolute Gasteiger partial charge is 0.492 e. The fraction of sp³-hybridized carbons (Fsp3) is 0.143. The molecule has 0 fully saturated rings. The van der Waals surface area contributed by atoms with Gasteiger partial charge in [0.05, 0.1) is 7.11 Å². The zero-order valence-corrected chi connectivity index (χ0v) is 11.2. The van der Waals surface area contributed by atoms with Crippen molar-refractivity contribution in [1.29, 1.82) is 0 Å². The van der Waals surface area contributed by atoms with Crippen molar-refractivity contribution < 1.29 is 28.3 Å². The van der Waals surface area contributed by atoms with E-state index in [1.165, 1.54) is 31.4 Å². The molecule has 0 atom stereocenters. The predicted octanol–water partition coefficient (Wildman–Crippen LogP) is 1.23. The van der Waals surface area contributed by atoms with Crippen LogP contribution in [0.15, 0.2) is 36.4 Å². The Bertz CT molecular complexity index is 634. The molecule has 7 heteroatoms. The van der Waals surface area contributed by atoms with Crippen LogP contribution in [0.25, 0.3) is 0 Å². The van der Waals surface area contributed by atoms with Crippen LogP contribution in [0.4, 0.5) is 8.78 Å². The van der Waals surface area contributed by atoms with Crippen molar-refractivity contribution >= 4 is 12.6 Å². The van der Waals surface area contributed by atoms with E-state index in [0.717, 1.165) is 6.07 Å². The largest absolute Gasteiger partial charge is 0.497 e. The van der Waals surface area contributed by atoms with E-state index in [1.54, 1.807) is 6.07 Å². The van der Waals surface area contributed by atoms with Crippen LogP contribution >= 0.6 is 0 Å². The fourth-order valence-electron chi connectivity index (χ4n) is 1.83. The van der Waals surface area contributed by atoms with Gasteiger partial charge in [0, 0.05) is 5.46 Å². The van der Waals surface area contributed by atoms with Gasteiger partial charge in [0.1, 0.15) is 12.4 Å². The molecular formula is C14H13BF2O4. The summed E-state index contributed by atoms with van der Waals surface area (Å²) in [4.78, 5) is 0. The third-order valence-electron chi connectivity index (χ3n) is 2.88. The minimum atomic E-state index is -1.70. The summed E-state index contributed by atoms with van der Waals surface area (Å²) in [7, 11) is -0.301. The van der Waals surface area contributed by atoms with Gasteiger partial charge in [-0.2, -0.15) is 4.39 Å². The SMILES string of the molecule is COc1ccc(COc2cccc(F)c2F)cc1B(O)O. The molecule has 0 radical (unpaired) electrons. The van der Waals surface area contributed by atoms with E-state index < -0.39 is 18.8 Å². The number of benzene rings is 2. The second kappa shape index (κ2) is 6.56. The quantitative estimate of drug-likeness (QED) is 0.814. The van der Waals surface area contributed by atoms with Crippen LogP contribution in [-0.4, -0.2) is 24.3 Å². The average Bonchev–Trinajstić information content (AvgIpc) is 2.48. The zero-order valence-electron chi connectivity index (χ0n) is 11.2. The molecule has 2 N–H and O–H groups in total. The normalized spacial score (nSPS) is 10.3. The number of rotatable bonds is 5. The van der Waals surface area contributed by atoms with E-state index in [2.05, 4.69) is 0 Å². The van der Waals surface area contributed by atoms with E-state index in [4.69, 9.17) is 9.47 Å². The molecule has 4 nitrogen and oxygen atoms in total. The molecule has 2 rings (SSSR count). The molecule has 0 saturated carbocycles. The first-order valence-electron chi connectivity index (χ1n) is 6.12. The van der Waals surface area contributed by atoms with Crippen molar-refractivity contribution in [2.24, 2.45) is 0 Å². The lowest BCUT2D eigenvalue weighted by molar-refractivity contribution is 0.284. The van der Waals surface area contributed by atoms with Crippen molar-refractivity contribution in [3.05, 3.63) is 53.6 Å². The van der Waals surface area contributed by atoms with Gasteiger partial charge in [0.25, 0.3) is 0 Å². The zero-order chi connectivity index (χ0) is 15.4. The number of hydrogen-bond acceptors (Lipinski definition) is 4. The second-order valence-electron chi connectivity index (χ2n) is 4.29. The molecule has 0 unspecified atom stereocenters. The average molecular weight is 294 g/mol. The van der Waals surface area contributed by atoms with Crippen molar-refractivity contribution in [2.45, 2.75) is 6.61 Å². The Balaban J connectivity index is 2.17. The van der Waals surface area contributed by atoms with Crippen LogP contribution in [0.3, 0.4) is 0 Å². The number of halogens is 2. The van der Waals surface area contributed by atoms with Crippen molar-refractivity contribution in [2.75, 3.05) is 7.11 Å². The third-order valence-corrected chi connectivity index (χ3v) is 2.88. The first kappa shape index (κ1) is 15.3. The van der Waals surface area contributed by atoms with E-state index in [1.807, 2.05) is 0 Å². The summed E-state index contributed by atoms with van der Waals surface area (Å²) in [5, 5.41) is 18.5. The maximum atomic E-state index is 13.4. The highest BCUT2D eigenvalue weighted by molar-refractivity contribution is 6.59. The Morgan fingerprint density at radius 3 is 2.52 bits per heavy atom. The monoisotopic (exact) mass is 294 g/mol. The number of methoxy groups -OCH3 is 1. The molecule has 0 heterocycles. The molecule has 2 aromatic carbocycles. The molecule has 0 saturated heterocycles. The first-order valence-corrected chi connectivity index (χ1v) is 6.12. The summed E-state index contributed by atoms with van der Waals surface area (Å²) >= 11 is 0. The van der Waals surface area contributed by atoms with Gasteiger partial charge >= 0.3 is 7.12 Å². The van der Waals surface area contributed by atoms with E-state index >= 15 is 0 Å². The Morgan fingerprint density at radius 1 is 1.10 bits per heavy atom. The van der Waals surface area contributed by atoms with Crippen LogP contribution in [0, 0.1) is 11.6 Å². The predicted molar refractivity (Wildman–Crippen MR) is 73.5 cm³/mol. The Labute approximate surface area is 120 Å². The number of ether oxygens (including phenoxy) is 2. The molecule has 0 aliphatic carbocycles. The first-order chi connectivity index (χ1) is 10.0. The topological polar surface area (TPSA) is 58.9 Å². The van der Waals surface area contributed by atoms with Gasteiger partial charge in [-0.05, 0) is 23.8 Å². The molecule has 0 aromatic heterocycles. The highest BCUT2D eigenvalue weighted by atomic mass is 19.2. The lowest BCUT2D eigenvalue weighted by Gasteiger charge is -2.11. The summed E-state index contributed by atoms with van der Waals surface area (Å²) in [5.74, 6) is -1.95. The maximum Gasteiger partial charge on any atom is 0.492 e. The highest BCUT2D eigenvalue weighted by Crippen LogP contribution is 2.20. The molecule has 21 heavy (non-hydrogen) atoms. The van der Waals surface area contributed by atoms with Gasteiger partial charge in [-0.3, -0.25) is 0 Å². The molecular weight excluding hydrogens is 281 g/mol. The Morgan fingerprint density at radius 2 is 1.86 bits per heavy atom. The van der Waals surface area contributed by atoms with E-state index in [9.17, 15) is 18.8 Å². The fourth-order valence-corrected chi connectivity index (χ4v) is 1.83. The maximum absolute atomic E-state index is 13.4. The van der Waals surface area contributed by atoms with Crippen LogP contribution in [0.1, 0.15) is 5.56 Å². The minimum absolute atomic E-state index is 0.0515. The molecule has 2 aromatic rings. The van der Waals surface area contributed by atoms with Gasteiger partial charge in [0.2, 0.25) is 5.82 Å². The van der Waals surface area contributed by atoms with E-state index in [0.29, 0.717) is 11.3 Å². The molecule has 0 aliphatic rings. The molecule has 0 bridgehead atoms. The summed E-state index contributed by atoms with van der Waals surface area (Å²) in [6.07, 6.45) is 0. The second-order valence-corrected chi connectivity index (χ2v) is 4.29. The van der Waals surface area contributed by atoms with Crippen molar-refractivity contribution in [1.82, 2.24) is 0 Å². The Kier molecular flexibility index (Phi) is 4.77. The summed E-state index contributed by atoms with van der Waals surface area (Å²) in [6, 6.07) is 8.27. The van der Waals surface area contributed by atoms with Crippen LogP contribution in [0.5, 0.6) is 11.5 Å². The summed E-state index contributed by atoms with van der Waals surface area (Å²) < 4.78 is 36.6. The molecule has 110 valence electrons. The lowest BCUT2D eigenvalue weighted by atomic mass is 9.79. The number of hydrogen-bond donors (Lipinski definition) is 2. The summed E-state index contributed by atoms with van der Waals surface area (Å²) in [6.45, 7) is -0.0515. The van der Waals surface area contributed by atoms with Gasteiger partial charge < -0.3 is 19.5 Å². The third kappa shape index (κ3) is 3.50. The van der Waals surface area contributed by atoms with Crippen LogP contribution in [-0.2, 0) is 6.61 Å². The van der Waals surface area contributed by atoms with Gasteiger partial charge in [-0.1, -0.05) is 18.2 Å². The highest BCUT2D eigenvalue weighted by Gasteiger charge is 2.17. The molecule has 0 aliphatic heterocycles. The molecule has 0 spiro atoms.